The second-order valence-electron chi connectivity index (χ2n) is 11.9. The molecule has 3 aromatic rings. The first-order valence-corrected chi connectivity index (χ1v) is 15.9. The molecule has 11 heteroatoms. The standard InChI is InChI=1S/C32H38N4O6S/c1-5-41-25-13-15-26(16-14-25)43(39,40)36(19-24-8-6-7-17-33-24)18-22-9-11-23(12-10-22)30(37)34-29-27-20-35(21-28(27)29)31(38)42-32(2,3)4/h6-17,27-29H,5,18-21H2,1-4H3,(H,34,37)/t27-,28+,29?. The van der Waals surface area contributed by atoms with Gasteiger partial charge in [-0.3, -0.25) is 9.78 Å². The number of hydrogen-bond acceptors (Lipinski definition) is 7. The molecular weight excluding hydrogens is 568 g/mol. The molecule has 2 aromatic carbocycles. The van der Waals surface area contributed by atoms with E-state index in [1.165, 1.54) is 4.31 Å². The summed E-state index contributed by atoms with van der Waals surface area (Å²) in [6.07, 6.45) is 1.31. The van der Waals surface area contributed by atoms with Gasteiger partial charge in [-0.15, -0.1) is 0 Å². The molecule has 1 saturated carbocycles. The van der Waals surface area contributed by atoms with Crippen molar-refractivity contribution in [2.45, 2.75) is 57.3 Å². The highest BCUT2D eigenvalue weighted by Crippen LogP contribution is 2.46. The topological polar surface area (TPSA) is 118 Å². The Morgan fingerprint density at radius 1 is 0.977 bits per heavy atom. The van der Waals surface area contributed by atoms with E-state index in [1.807, 2.05) is 33.8 Å². The minimum Gasteiger partial charge on any atom is -0.494 e. The van der Waals surface area contributed by atoms with Crippen LogP contribution in [-0.4, -0.2) is 65.9 Å². The average molecular weight is 607 g/mol. The van der Waals surface area contributed by atoms with E-state index in [4.69, 9.17) is 9.47 Å². The number of pyridine rings is 1. The Labute approximate surface area is 253 Å². The Kier molecular flexibility index (Phi) is 8.75. The zero-order valence-electron chi connectivity index (χ0n) is 24.9. The van der Waals surface area contributed by atoms with Gasteiger partial charge in [0.1, 0.15) is 11.4 Å². The number of sulfonamides is 1. The monoisotopic (exact) mass is 606 g/mol. The van der Waals surface area contributed by atoms with Crippen LogP contribution >= 0.6 is 0 Å². The first-order chi connectivity index (χ1) is 20.4. The zero-order valence-corrected chi connectivity index (χ0v) is 25.7. The van der Waals surface area contributed by atoms with Crippen LogP contribution in [0.1, 0.15) is 49.3 Å². The maximum absolute atomic E-state index is 13.7. The van der Waals surface area contributed by atoms with Gasteiger partial charge >= 0.3 is 6.09 Å². The van der Waals surface area contributed by atoms with Crippen LogP contribution in [0.15, 0.2) is 77.8 Å². The lowest BCUT2D eigenvalue weighted by Gasteiger charge is -2.26. The van der Waals surface area contributed by atoms with Gasteiger partial charge in [-0.2, -0.15) is 4.31 Å². The lowest BCUT2D eigenvalue weighted by atomic mass is 10.1. The molecule has 1 aliphatic carbocycles. The minimum absolute atomic E-state index is 0.0268. The molecule has 2 amide bonds. The van der Waals surface area contributed by atoms with Crippen molar-refractivity contribution in [3.05, 3.63) is 89.7 Å². The van der Waals surface area contributed by atoms with E-state index in [9.17, 15) is 18.0 Å². The molecule has 2 fully saturated rings. The van der Waals surface area contributed by atoms with E-state index in [-0.39, 0.29) is 47.9 Å². The average Bonchev–Trinajstić information content (AvgIpc) is 3.39. The summed E-state index contributed by atoms with van der Waals surface area (Å²) in [5.74, 6) is 0.858. The SMILES string of the molecule is CCOc1ccc(S(=O)(=O)N(Cc2ccc(C(=O)NC3[C@H]4CN(C(=O)OC(C)(C)C)C[C@@H]34)cc2)Cc2ccccn2)cc1. The molecule has 3 atom stereocenters. The van der Waals surface area contributed by atoms with E-state index in [1.54, 1.807) is 71.8 Å². The van der Waals surface area contributed by atoms with Gasteiger partial charge in [0, 0.05) is 49.3 Å². The third-order valence-corrected chi connectivity index (χ3v) is 9.36. The Morgan fingerprint density at radius 3 is 2.23 bits per heavy atom. The molecule has 1 saturated heterocycles. The van der Waals surface area contributed by atoms with Crippen molar-refractivity contribution in [1.29, 1.82) is 0 Å². The van der Waals surface area contributed by atoms with E-state index >= 15 is 0 Å². The van der Waals surface area contributed by atoms with Gasteiger partial charge in [0.2, 0.25) is 10.0 Å². The maximum atomic E-state index is 13.7. The van der Waals surface area contributed by atoms with Crippen molar-refractivity contribution in [1.82, 2.24) is 19.5 Å². The minimum atomic E-state index is -3.87. The zero-order chi connectivity index (χ0) is 30.8. The number of carbonyl (C=O) groups is 2. The van der Waals surface area contributed by atoms with Crippen LogP contribution in [0.3, 0.4) is 0 Å². The van der Waals surface area contributed by atoms with Gasteiger partial charge in [0.15, 0.2) is 0 Å². The van der Waals surface area contributed by atoms with E-state index in [2.05, 4.69) is 10.3 Å². The molecule has 1 aliphatic heterocycles. The molecule has 1 aromatic heterocycles. The fourth-order valence-electron chi connectivity index (χ4n) is 5.34. The van der Waals surface area contributed by atoms with Crippen LogP contribution in [0, 0.1) is 11.8 Å². The van der Waals surface area contributed by atoms with Crippen molar-refractivity contribution in [2.24, 2.45) is 11.8 Å². The summed E-state index contributed by atoms with van der Waals surface area (Å²) < 4.78 is 39.7. The van der Waals surface area contributed by atoms with Crippen LogP contribution in [0.25, 0.3) is 0 Å². The van der Waals surface area contributed by atoms with E-state index in [0.717, 1.165) is 5.56 Å². The quantitative estimate of drug-likeness (QED) is 0.362. The number of piperidine rings is 1. The summed E-state index contributed by atoms with van der Waals surface area (Å²) in [6.45, 7) is 9.20. The Balaban J connectivity index is 1.22. The second kappa shape index (κ2) is 12.3. The van der Waals surface area contributed by atoms with Gasteiger partial charge in [-0.25, -0.2) is 13.2 Å². The first-order valence-electron chi connectivity index (χ1n) is 14.5. The number of rotatable bonds is 10. The molecule has 43 heavy (non-hydrogen) atoms. The first kappa shape index (κ1) is 30.5. The lowest BCUT2D eigenvalue weighted by molar-refractivity contribution is 0.0270. The number of amides is 2. The Bertz CT molecular complexity index is 1530. The summed E-state index contributed by atoms with van der Waals surface area (Å²) in [6, 6.07) is 18.7. The summed E-state index contributed by atoms with van der Waals surface area (Å²) in [4.78, 5) is 31.5. The van der Waals surface area contributed by atoms with Crippen LogP contribution in [0.2, 0.25) is 0 Å². The summed E-state index contributed by atoms with van der Waals surface area (Å²) >= 11 is 0. The number of carbonyl (C=O) groups excluding carboxylic acids is 2. The largest absolute Gasteiger partial charge is 0.494 e. The number of nitrogens with zero attached hydrogens (tertiary/aromatic N) is 3. The lowest BCUT2D eigenvalue weighted by Crippen LogP contribution is -2.40. The molecule has 2 aliphatic rings. The molecule has 1 N–H and O–H groups in total. The predicted octanol–water partition coefficient (Wildman–Crippen LogP) is 4.47. The van der Waals surface area contributed by atoms with Crippen LogP contribution in [0.5, 0.6) is 5.75 Å². The highest BCUT2D eigenvalue weighted by molar-refractivity contribution is 7.89. The van der Waals surface area contributed by atoms with Crippen LogP contribution in [-0.2, 0) is 27.8 Å². The number of hydrogen-bond donors (Lipinski definition) is 1. The van der Waals surface area contributed by atoms with Gasteiger partial charge in [0.05, 0.1) is 23.7 Å². The van der Waals surface area contributed by atoms with Gasteiger partial charge < -0.3 is 19.7 Å². The number of fused-ring (bicyclic) bond motifs is 1. The van der Waals surface area contributed by atoms with Gasteiger partial charge in [-0.05, 0) is 81.8 Å². The second-order valence-corrected chi connectivity index (χ2v) is 13.8. The molecule has 0 bridgehead atoms. The molecule has 0 spiro atoms. The summed E-state index contributed by atoms with van der Waals surface area (Å²) in [7, 11) is -3.87. The molecular formula is C32H38N4O6S. The van der Waals surface area contributed by atoms with E-state index < -0.39 is 15.6 Å². The molecule has 228 valence electrons. The van der Waals surface area contributed by atoms with Gasteiger partial charge in [-0.1, -0.05) is 18.2 Å². The normalized spacial score (nSPS) is 19.6. The number of nitrogens with one attached hydrogen (secondary N) is 1. The maximum Gasteiger partial charge on any atom is 0.410 e. The van der Waals surface area contributed by atoms with Crippen molar-refractivity contribution < 1.29 is 27.5 Å². The number of aromatic nitrogens is 1. The Morgan fingerprint density at radius 2 is 1.65 bits per heavy atom. The number of ether oxygens (including phenoxy) is 2. The number of benzene rings is 2. The number of likely N-dealkylation sites (tertiary alicyclic amines) is 1. The molecule has 0 radical (unpaired) electrons. The fourth-order valence-corrected chi connectivity index (χ4v) is 6.74. The highest BCUT2D eigenvalue weighted by atomic mass is 32.2. The summed E-state index contributed by atoms with van der Waals surface area (Å²) in [5.41, 5.74) is 1.30. The molecule has 5 rings (SSSR count). The molecule has 2 heterocycles. The predicted molar refractivity (Wildman–Crippen MR) is 161 cm³/mol. The third kappa shape index (κ3) is 7.34. The van der Waals surface area contributed by atoms with Crippen molar-refractivity contribution >= 4 is 22.0 Å². The van der Waals surface area contributed by atoms with Crippen LogP contribution < -0.4 is 10.1 Å². The van der Waals surface area contributed by atoms with E-state index in [0.29, 0.717) is 36.7 Å². The highest BCUT2D eigenvalue weighted by Gasteiger charge is 2.58. The Hall–Kier alpha value is -3.96. The van der Waals surface area contributed by atoms with Gasteiger partial charge in [0.25, 0.3) is 5.91 Å². The van der Waals surface area contributed by atoms with Crippen LogP contribution in [0.4, 0.5) is 4.79 Å². The van der Waals surface area contributed by atoms with Crippen molar-refractivity contribution in [2.75, 3.05) is 19.7 Å². The smallest absolute Gasteiger partial charge is 0.410 e. The molecule has 1 unspecified atom stereocenters. The van der Waals surface area contributed by atoms with Crippen molar-refractivity contribution in [3.8, 4) is 5.75 Å². The summed E-state index contributed by atoms with van der Waals surface area (Å²) in [5, 5.41) is 3.09. The molecule has 10 nitrogen and oxygen atoms in total. The third-order valence-electron chi connectivity index (χ3n) is 7.56. The van der Waals surface area contributed by atoms with Crippen molar-refractivity contribution in [3.63, 3.8) is 0 Å². The fraction of sp³-hybridized carbons (Fsp3) is 0.406.